The Morgan fingerprint density at radius 3 is 2.89 bits per heavy atom. The molecule has 6 nitrogen and oxygen atoms in total. The van der Waals surface area contributed by atoms with E-state index in [0.29, 0.717) is 29.9 Å². The Labute approximate surface area is 110 Å². The van der Waals surface area contributed by atoms with E-state index in [2.05, 4.69) is 10.2 Å². The molecule has 0 radical (unpaired) electrons. The molecule has 0 aliphatic carbocycles. The number of hydrogen-bond acceptors (Lipinski definition) is 5. The van der Waals surface area contributed by atoms with Gasteiger partial charge in [0, 0.05) is 11.8 Å². The van der Waals surface area contributed by atoms with Gasteiger partial charge in [0.2, 0.25) is 0 Å². The van der Waals surface area contributed by atoms with Gasteiger partial charge in [0.25, 0.3) is 0 Å². The van der Waals surface area contributed by atoms with Crippen LogP contribution < -0.4 is 0 Å². The maximum absolute atomic E-state index is 12.1. The Hall–Kier alpha value is -1.76. The minimum absolute atomic E-state index is 0.207. The lowest BCUT2D eigenvalue weighted by Crippen LogP contribution is -2.23. The topological polar surface area (TPSA) is 81.4 Å². The minimum Gasteiger partial charge on any atom is -0.298 e. The summed E-state index contributed by atoms with van der Waals surface area (Å²) in [6, 6.07) is 3.22. The average Bonchev–Trinajstić information content (AvgIpc) is 2.81. The molecule has 1 aliphatic heterocycles. The Morgan fingerprint density at radius 1 is 1.32 bits per heavy atom. The molecule has 3 rings (SSSR count). The molecule has 19 heavy (non-hydrogen) atoms. The fraction of sp³-hybridized carbons (Fsp3) is 0.417. The van der Waals surface area contributed by atoms with Crippen molar-refractivity contribution < 1.29 is 13.2 Å². The first-order valence-electron chi connectivity index (χ1n) is 6.13. The first-order chi connectivity index (χ1) is 9.12. The van der Waals surface area contributed by atoms with Gasteiger partial charge in [-0.25, -0.2) is 8.42 Å². The van der Waals surface area contributed by atoms with E-state index < -0.39 is 15.1 Å². The second-order valence-electron chi connectivity index (χ2n) is 4.72. The Kier molecular flexibility index (Phi) is 2.85. The lowest BCUT2D eigenvalue weighted by atomic mass is 10.2. The summed E-state index contributed by atoms with van der Waals surface area (Å²) < 4.78 is 25.9. The molecule has 0 spiro atoms. The van der Waals surface area contributed by atoms with E-state index in [9.17, 15) is 13.2 Å². The quantitative estimate of drug-likeness (QED) is 0.771. The summed E-state index contributed by atoms with van der Waals surface area (Å²) in [6.07, 6.45) is 4.55. The molecule has 100 valence electrons. The van der Waals surface area contributed by atoms with E-state index in [0.717, 1.165) is 12.7 Å². The van der Waals surface area contributed by atoms with E-state index in [1.54, 1.807) is 22.7 Å². The van der Waals surface area contributed by atoms with Crippen LogP contribution in [0.2, 0.25) is 0 Å². The van der Waals surface area contributed by atoms with Crippen molar-refractivity contribution in [2.45, 2.75) is 24.5 Å². The third kappa shape index (κ3) is 2.03. The van der Waals surface area contributed by atoms with Crippen LogP contribution in [0.4, 0.5) is 0 Å². The Bertz CT molecular complexity index is 736. The standard InChI is InChI=1S/C12H13N3O3S/c16-8-9-4-5-15-11(7-9)13-14-12(15)10-3-1-2-6-19(10,17)18/h4-5,7-8,10H,1-3,6H2. The molecule has 0 aromatic carbocycles. The molecular formula is C12H13N3O3S. The first kappa shape index (κ1) is 12.3. The van der Waals surface area contributed by atoms with Crippen LogP contribution in [0.15, 0.2) is 18.3 Å². The summed E-state index contributed by atoms with van der Waals surface area (Å²) in [4.78, 5) is 10.7. The average molecular weight is 279 g/mol. The summed E-state index contributed by atoms with van der Waals surface area (Å²) in [6.45, 7) is 0. The molecule has 2 aromatic rings. The monoisotopic (exact) mass is 279 g/mol. The highest BCUT2D eigenvalue weighted by Gasteiger charge is 2.33. The normalized spacial score (nSPS) is 22.4. The Morgan fingerprint density at radius 2 is 2.16 bits per heavy atom. The second kappa shape index (κ2) is 4.41. The molecule has 1 fully saturated rings. The summed E-state index contributed by atoms with van der Waals surface area (Å²) in [5, 5.41) is 7.38. The molecule has 1 aliphatic rings. The molecule has 7 heteroatoms. The molecule has 0 bridgehead atoms. The minimum atomic E-state index is -3.15. The van der Waals surface area contributed by atoms with E-state index in [4.69, 9.17) is 0 Å². The predicted molar refractivity (Wildman–Crippen MR) is 68.8 cm³/mol. The summed E-state index contributed by atoms with van der Waals surface area (Å²) in [7, 11) is -3.15. The van der Waals surface area contributed by atoms with Crippen molar-refractivity contribution in [3.63, 3.8) is 0 Å². The number of sulfone groups is 1. The van der Waals surface area contributed by atoms with Crippen LogP contribution in [-0.2, 0) is 9.84 Å². The van der Waals surface area contributed by atoms with Gasteiger partial charge in [-0.05, 0) is 25.0 Å². The van der Waals surface area contributed by atoms with Crippen molar-refractivity contribution in [1.82, 2.24) is 14.6 Å². The highest BCUT2D eigenvalue weighted by molar-refractivity contribution is 7.91. The molecule has 3 heterocycles. The third-order valence-electron chi connectivity index (χ3n) is 3.46. The van der Waals surface area contributed by atoms with Crippen LogP contribution in [0, 0.1) is 0 Å². The number of fused-ring (bicyclic) bond motifs is 1. The van der Waals surface area contributed by atoms with Crippen molar-refractivity contribution in [2.75, 3.05) is 5.75 Å². The number of carbonyl (C=O) groups is 1. The largest absolute Gasteiger partial charge is 0.298 e. The maximum atomic E-state index is 12.1. The van der Waals surface area contributed by atoms with Gasteiger partial charge in [-0.3, -0.25) is 9.20 Å². The van der Waals surface area contributed by atoms with Gasteiger partial charge in [-0.2, -0.15) is 0 Å². The highest BCUT2D eigenvalue weighted by Crippen LogP contribution is 2.32. The molecule has 2 aromatic heterocycles. The van der Waals surface area contributed by atoms with Gasteiger partial charge in [-0.1, -0.05) is 6.42 Å². The number of aromatic nitrogens is 3. The molecule has 1 saturated heterocycles. The second-order valence-corrected chi connectivity index (χ2v) is 7.02. The molecule has 0 amide bonds. The van der Waals surface area contributed by atoms with E-state index in [1.165, 1.54) is 0 Å². The van der Waals surface area contributed by atoms with Crippen molar-refractivity contribution in [1.29, 1.82) is 0 Å². The summed E-state index contributed by atoms with van der Waals surface area (Å²) in [5.74, 6) is 0.658. The van der Waals surface area contributed by atoms with Crippen molar-refractivity contribution in [3.05, 3.63) is 29.7 Å². The number of nitrogens with zero attached hydrogens (tertiary/aromatic N) is 3. The number of pyridine rings is 1. The van der Waals surface area contributed by atoms with E-state index >= 15 is 0 Å². The molecule has 1 unspecified atom stereocenters. The molecule has 1 atom stereocenters. The fourth-order valence-electron chi connectivity index (χ4n) is 2.46. The zero-order chi connectivity index (χ0) is 13.5. The zero-order valence-electron chi connectivity index (χ0n) is 10.2. The van der Waals surface area contributed by atoms with Gasteiger partial charge in [-0.15, -0.1) is 10.2 Å². The van der Waals surface area contributed by atoms with Crippen LogP contribution >= 0.6 is 0 Å². The smallest absolute Gasteiger partial charge is 0.161 e. The van der Waals surface area contributed by atoms with Crippen molar-refractivity contribution in [3.8, 4) is 0 Å². The lowest BCUT2D eigenvalue weighted by Gasteiger charge is -2.20. The van der Waals surface area contributed by atoms with Crippen LogP contribution in [0.5, 0.6) is 0 Å². The van der Waals surface area contributed by atoms with E-state index in [-0.39, 0.29) is 5.75 Å². The summed E-state index contributed by atoms with van der Waals surface area (Å²) in [5.41, 5.74) is 0.998. The SMILES string of the molecule is O=Cc1ccn2c(C3CCCCS3(=O)=O)nnc2c1. The van der Waals surface area contributed by atoms with Crippen molar-refractivity contribution in [2.24, 2.45) is 0 Å². The highest BCUT2D eigenvalue weighted by atomic mass is 32.2. The molecular weight excluding hydrogens is 266 g/mol. The molecule has 0 saturated carbocycles. The van der Waals surface area contributed by atoms with E-state index in [1.807, 2.05) is 0 Å². The van der Waals surface area contributed by atoms with Gasteiger partial charge in [0.15, 0.2) is 21.3 Å². The lowest BCUT2D eigenvalue weighted by molar-refractivity contribution is 0.112. The van der Waals surface area contributed by atoms with Gasteiger partial charge in [0.1, 0.15) is 11.5 Å². The first-order valence-corrected chi connectivity index (χ1v) is 7.85. The van der Waals surface area contributed by atoms with Crippen molar-refractivity contribution >= 4 is 21.8 Å². The third-order valence-corrected chi connectivity index (χ3v) is 5.63. The van der Waals surface area contributed by atoms with Gasteiger partial charge < -0.3 is 0 Å². The van der Waals surface area contributed by atoms with Crippen LogP contribution in [0.25, 0.3) is 5.65 Å². The van der Waals surface area contributed by atoms with Crippen LogP contribution in [0.1, 0.15) is 40.7 Å². The van der Waals surface area contributed by atoms with Gasteiger partial charge in [0.05, 0.1) is 5.75 Å². The zero-order valence-corrected chi connectivity index (χ0v) is 11.0. The number of hydrogen-bond donors (Lipinski definition) is 0. The Balaban J connectivity index is 2.13. The number of aldehydes is 1. The number of rotatable bonds is 2. The van der Waals surface area contributed by atoms with Gasteiger partial charge >= 0.3 is 0 Å². The molecule has 0 N–H and O–H groups in total. The van der Waals surface area contributed by atoms with Crippen LogP contribution in [-0.4, -0.2) is 35.1 Å². The predicted octanol–water partition coefficient (Wildman–Crippen LogP) is 1.18. The summed E-state index contributed by atoms with van der Waals surface area (Å²) >= 11 is 0. The number of carbonyl (C=O) groups excluding carboxylic acids is 1. The maximum Gasteiger partial charge on any atom is 0.161 e. The van der Waals surface area contributed by atoms with Crippen LogP contribution in [0.3, 0.4) is 0 Å². The fourth-order valence-corrected chi connectivity index (χ4v) is 4.36.